The van der Waals surface area contributed by atoms with Gasteiger partial charge >= 0.3 is 0 Å². The number of rotatable bonds is 2. The lowest BCUT2D eigenvalue weighted by molar-refractivity contribution is 0.765. The quantitative estimate of drug-likeness (QED) is 0.816. The smallest absolute Gasteiger partial charge is 0.0591 e. The Morgan fingerprint density at radius 3 is 2.79 bits per heavy atom. The van der Waals surface area contributed by atoms with Crippen LogP contribution >= 0.6 is 11.3 Å². The average Bonchev–Trinajstić information content (AvgIpc) is 2.73. The fraction of sp³-hybridized carbons (Fsp3) is 0.300. The van der Waals surface area contributed by atoms with E-state index >= 15 is 0 Å². The van der Waals surface area contributed by atoms with Gasteiger partial charge in [0.25, 0.3) is 0 Å². The van der Waals surface area contributed by atoms with Crippen molar-refractivity contribution in [1.29, 1.82) is 0 Å². The van der Waals surface area contributed by atoms with Crippen LogP contribution in [-0.4, -0.2) is 9.78 Å². The van der Waals surface area contributed by atoms with Crippen LogP contribution in [0.25, 0.3) is 0 Å². The third-order valence-corrected chi connectivity index (χ3v) is 3.07. The van der Waals surface area contributed by atoms with Crippen LogP contribution in [0.2, 0.25) is 0 Å². The summed E-state index contributed by atoms with van der Waals surface area (Å²) in [4.78, 5) is 1.29. The van der Waals surface area contributed by atoms with Gasteiger partial charge in [-0.05, 0) is 23.9 Å². The molecule has 0 aromatic carbocycles. The first kappa shape index (κ1) is 9.43. The first-order valence-corrected chi connectivity index (χ1v) is 5.34. The summed E-state index contributed by atoms with van der Waals surface area (Å²) >= 11 is 1.73. The molecule has 2 heterocycles. The van der Waals surface area contributed by atoms with Crippen molar-refractivity contribution < 1.29 is 0 Å². The predicted molar refractivity (Wildman–Crippen MR) is 58.3 cm³/mol. The van der Waals surface area contributed by atoms with Gasteiger partial charge < -0.3 is 5.73 Å². The molecular formula is C10H13N3S. The highest BCUT2D eigenvalue weighted by Crippen LogP contribution is 2.23. The fourth-order valence-electron chi connectivity index (χ4n) is 1.42. The van der Waals surface area contributed by atoms with E-state index in [4.69, 9.17) is 5.73 Å². The van der Waals surface area contributed by atoms with E-state index in [2.05, 4.69) is 23.5 Å². The van der Waals surface area contributed by atoms with E-state index < -0.39 is 0 Å². The molecule has 2 aromatic heterocycles. The summed E-state index contributed by atoms with van der Waals surface area (Å²) < 4.78 is 1.77. The van der Waals surface area contributed by atoms with E-state index in [0.717, 1.165) is 5.56 Å². The van der Waals surface area contributed by atoms with Crippen molar-refractivity contribution in [1.82, 2.24) is 9.78 Å². The Kier molecular flexibility index (Phi) is 2.39. The molecule has 74 valence electrons. The maximum absolute atomic E-state index is 6.10. The van der Waals surface area contributed by atoms with Crippen molar-refractivity contribution >= 4 is 11.3 Å². The number of thiophene rings is 1. The molecule has 0 radical (unpaired) electrons. The Bertz CT molecular complexity index is 390. The minimum absolute atomic E-state index is 0.0475. The summed E-state index contributed by atoms with van der Waals surface area (Å²) in [6, 6.07) is 2.08. The number of hydrogen-bond donors (Lipinski definition) is 1. The van der Waals surface area contributed by atoms with Crippen molar-refractivity contribution in [3.05, 3.63) is 39.8 Å². The molecule has 1 unspecified atom stereocenters. The third kappa shape index (κ3) is 1.71. The van der Waals surface area contributed by atoms with Crippen molar-refractivity contribution in [3.8, 4) is 0 Å². The van der Waals surface area contributed by atoms with Crippen molar-refractivity contribution in [2.24, 2.45) is 12.8 Å². The van der Waals surface area contributed by atoms with Crippen LogP contribution in [0.5, 0.6) is 0 Å². The molecule has 2 N–H and O–H groups in total. The molecule has 0 saturated heterocycles. The van der Waals surface area contributed by atoms with Crippen LogP contribution in [0, 0.1) is 6.92 Å². The van der Waals surface area contributed by atoms with Gasteiger partial charge in [0.05, 0.1) is 12.2 Å². The number of hydrogen-bond acceptors (Lipinski definition) is 3. The van der Waals surface area contributed by atoms with Crippen molar-refractivity contribution in [2.75, 3.05) is 0 Å². The monoisotopic (exact) mass is 207 g/mol. The summed E-state index contributed by atoms with van der Waals surface area (Å²) in [5, 5.41) is 6.21. The van der Waals surface area contributed by atoms with Crippen LogP contribution in [-0.2, 0) is 7.05 Å². The van der Waals surface area contributed by atoms with E-state index in [-0.39, 0.29) is 6.04 Å². The second-order valence-electron chi connectivity index (χ2n) is 3.42. The molecule has 0 spiro atoms. The van der Waals surface area contributed by atoms with E-state index in [0.29, 0.717) is 0 Å². The van der Waals surface area contributed by atoms with Crippen LogP contribution in [0.4, 0.5) is 0 Å². The molecule has 0 aliphatic carbocycles. The van der Waals surface area contributed by atoms with Gasteiger partial charge in [-0.3, -0.25) is 4.68 Å². The maximum Gasteiger partial charge on any atom is 0.0591 e. The van der Waals surface area contributed by atoms with Crippen molar-refractivity contribution in [3.63, 3.8) is 0 Å². The van der Waals surface area contributed by atoms with Gasteiger partial charge in [-0.25, -0.2) is 0 Å². The number of nitrogens with zero attached hydrogens (tertiary/aromatic N) is 2. The number of aryl methyl sites for hydroxylation is 2. The van der Waals surface area contributed by atoms with Crippen LogP contribution < -0.4 is 5.73 Å². The molecule has 0 bridgehead atoms. The van der Waals surface area contributed by atoms with Crippen molar-refractivity contribution in [2.45, 2.75) is 13.0 Å². The van der Waals surface area contributed by atoms with Gasteiger partial charge in [0.2, 0.25) is 0 Å². The first-order valence-electron chi connectivity index (χ1n) is 4.46. The lowest BCUT2D eigenvalue weighted by Crippen LogP contribution is -2.09. The van der Waals surface area contributed by atoms with Gasteiger partial charge in [0.15, 0.2) is 0 Å². The molecule has 0 saturated carbocycles. The summed E-state index contributed by atoms with van der Waals surface area (Å²) in [6.45, 7) is 2.09. The molecule has 3 nitrogen and oxygen atoms in total. The van der Waals surface area contributed by atoms with Crippen LogP contribution in [0.3, 0.4) is 0 Å². The van der Waals surface area contributed by atoms with Gasteiger partial charge in [-0.2, -0.15) is 5.10 Å². The Morgan fingerprint density at radius 2 is 2.29 bits per heavy atom. The zero-order valence-electron chi connectivity index (χ0n) is 8.27. The predicted octanol–water partition coefficient (Wildman–Crippen LogP) is 1.84. The largest absolute Gasteiger partial charge is 0.320 e. The standard InChI is InChI=1S/C10H13N3S/c1-7-3-8(6-14-7)10(11)9-4-12-13(2)5-9/h3-6,10H,11H2,1-2H3. The summed E-state index contributed by atoms with van der Waals surface area (Å²) in [6.07, 6.45) is 3.77. The highest BCUT2D eigenvalue weighted by Gasteiger charge is 2.11. The Labute approximate surface area is 87.2 Å². The van der Waals surface area contributed by atoms with E-state index in [1.54, 1.807) is 16.0 Å². The number of nitrogens with two attached hydrogens (primary N) is 1. The van der Waals surface area contributed by atoms with Gasteiger partial charge in [-0.15, -0.1) is 11.3 Å². The Morgan fingerprint density at radius 1 is 1.50 bits per heavy atom. The van der Waals surface area contributed by atoms with Crippen LogP contribution in [0.15, 0.2) is 23.8 Å². The second kappa shape index (κ2) is 3.55. The molecule has 0 fully saturated rings. The molecule has 14 heavy (non-hydrogen) atoms. The van der Waals surface area contributed by atoms with E-state index in [1.807, 2.05) is 19.4 Å². The van der Waals surface area contributed by atoms with Crippen LogP contribution in [0.1, 0.15) is 22.0 Å². The average molecular weight is 207 g/mol. The first-order chi connectivity index (χ1) is 6.66. The minimum atomic E-state index is -0.0475. The molecule has 0 aliphatic heterocycles. The second-order valence-corrected chi connectivity index (χ2v) is 4.53. The van der Waals surface area contributed by atoms with E-state index in [1.165, 1.54) is 10.4 Å². The van der Waals surface area contributed by atoms with E-state index in [9.17, 15) is 0 Å². The number of aromatic nitrogens is 2. The summed E-state index contributed by atoms with van der Waals surface area (Å²) in [5.41, 5.74) is 8.32. The molecule has 0 amide bonds. The normalized spacial score (nSPS) is 13.1. The third-order valence-electron chi connectivity index (χ3n) is 2.19. The zero-order chi connectivity index (χ0) is 10.1. The molecular weight excluding hydrogens is 194 g/mol. The highest BCUT2D eigenvalue weighted by atomic mass is 32.1. The highest BCUT2D eigenvalue weighted by molar-refractivity contribution is 7.10. The Hall–Kier alpha value is -1.13. The molecule has 1 atom stereocenters. The topological polar surface area (TPSA) is 43.8 Å². The molecule has 2 aromatic rings. The van der Waals surface area contributed by atoms with Gasteiger partial charge in [0, 0.05) is 23.7 Å². The van der Waals surface area contributed by atoms with Gasteiger partial charge in [0.1, 0.15) is 0 Å². The minimum Gasteiger partial charge on any atom is -0.320 e. The lowest BCUT2D eigenvalue weighted by Gasteiger charge is -2.05. The molecule has 0 aliphatic rings. The fourth-order valence-corrected chi connectivity index (χ4v) is 2.16. The zero-order valence-corrected chi connectivity index (χ0v) is 9.08. The SMILES string of the molecule is Cc1cc(C(N)c2cnn(C)c2)cs1. The summed E-state index contributed by atoms with van der Waals surface area (Å²) in [5.74, 6) is 0. The Balaban J connectivity index is 2.28. The molecule has 2 rings (SSSR count). The maximum atomic E-state index is 6.10. The molecule has 4 heteroatoms. The summed E-state index contributed by atoms with van der Waals surface area (Å²) in [7, 11) is 1.90. The van der Waals surface area contributed by atoms with Gasteiger partial charge in [-0.1, -0.05) is 0 Å². The lowest BCUT2D eigenvalue weighted by atomic mass is 10.1.